The third-order valence-electron chi connectivity index (χ3n) is 4.80. The molecule has 0 saturated carbocycles. The summed E-state index contributed by atoms with van der Waals surface area (Å²) >= 11 is 6.01. The highest BCUT2D eigenvalue weighted by Gasteiger charge is 2.35. The van der Waals surface area contributed by atoms with E-state index in [1.165, 1.54) is 25.3 Å². The van der Waals surface area contributed by atoms with Crippen molar-refractivity contribution in [3.05, 3.63) is 34.6 Å². The lowest BCUT2D eigenvalue weighted by Crippen LogP contribution is -2.59. The van der Waals surface area contributed by atoms with E-state index in [-0.39, 0.29) is 17.4 Å². The number of nitrogens with zero attached hydrogens (tertiary/aromatic N) is 1. The van der Waals surface area contributed by atoms with Gasteiger partial charge in [0.2, 0.25) is 0 Å². The fraction of sp³-hybridized carbons (Fsp3) is 0.647. The molecule has 2 rings (SSSR count). The summed E-state index contributed by atoms with van der Waals surface area (Å²) in [5, 5.41) is 3.98. The van der Waals surface area contributed by atoms with E-state index in [1.807, 2.05) is 7.05 Å². The molecule has 1 heterocycles. The summed E-state index contributed by atoms with van der Waals surface area (Å²) in [6, 6.07) is 4.99. The van der Waals surface area contributed by atoms with Gasteiger partial charge in [0, 0.05) is 16.6 Å². The largest absolute Gasteiger partial charge is 0.315 e. The molecule has 1 aromatic rings. The van der Waals surface area contributed by atoms with Gasteiger partial charge in [-0.3, -0.25) is 4.90 Å². The second-order valence-electron chi connectivity index (χ2n) is 6.48. The van der Waals surface area contributed by atoms with Gasteiger partial charge in [0.1, 0.15) is 5.82 Å². The fourth-order valence-corrected chi connectivity index (χ4v) is 3.51. The van der Waals surface area contributed by atoms with Gasteiger partial charge in [0.05, 0.1) is 0 Å². The SMILES string of the molecule is CNC(Cc1cc(Cl)ccc1F)C(C)(C)N1CCCCC1. The Kier molecular flexibility index (Phi) is 5.64. The molecule has 1 aliphatic rings. The van der Waals surface area contributed by atoms with E-state index < -0.39 is 0 Å². The minimum Gasteiger partial charge on any atom is -0.315 e. The third kappa shape index (κ3) is 3.97. The maximum absolute atomic E-state index is 14.0. The monoisotopic (exact) mass is 312 g/mol. The van der Waals surface area contributed by atoms with E-state index in [0.29, 0.717) is 17.0 Å². The first-order valence-corrected chi connectivity index (χ1v) is 8.19. The van der Waals surface area contributed by atoms with Gasteiger partial charge in [-0.15, -0.1) is 0 Å². The number of hydrogen-bond donors (Lipinski definition) is 1. The van der Waals surface area contributed by atoms with Gasteiger partial charge < -0.3 is 5.32 Å². The molecule has 1 N–H and O–H groups in total. The van der Waals surface area contributed by atoms with Crippen LogP contribution in [0.5, 0.6) is 0 Å². The summed E-state index contributed by atoms with van der Waals surface area (Å²) in [5.74, 6) is -0.172. The minimum absolute atomic E-state index is 0.00999. The lowest BCUT2D eigenvalue weighted by Gasteiger charge is -2.46. The van der Waals surface area contributed by atoms with Crippen LogP contribution in [0.15, 0.2) is 18.2 Å². The summed E-state index contributed by atoms with van der Waals surface area (Å²) in [6.07, 6.45) is 4.48. The van der Waals surface area contributed by atoms with Gasteiger partial charge >= 0.3 is 0 Å². The van der Waals surface area contributed by atoms with Crippen LogP contribution in [0.4, 0.5) is 4.39 Å². The zero-order valence-electron chi connectivity index (χ0n) is 13.3. The van der Waals surface area contributed by atoms with Crippen molar-refractivity contribution >= 4 is 11.6 Å². The minimum atomic E-state index is -0.172. The number of likely N-dealkylation sites (N-methyl/N-ethyl adjacent to an activating group) is 1. The van der Waals surface area contributed by atoms with Crippen molar-refractivity contribution < 1.29 is 4.39 Å². The highest BCUT2D eigenvalue weighted by molar-refractivity contribution is 6.30. The first-order chi connectivity index (χ1) is 9.95. The van der Waals surface area contributed by atoms with Crippen LogP contribution in [-0.4, -0.2) is 36.6 Å². The summed E-state index contributed by atoms with van der Waals surface area (Å²) in [5.41, 5.74) is 0.677. The Morgan fingerprint density at radius 1 is 1.29 bits per heavy atom. The molecule has 1 aliphatic heterocycles. The van der Waals surface area contributed by atoms with Crippen molar-refractivity contribution in [3.8, 4) is 0 Å². The Morgan fingerprint density at radius 3 is 2.57 bits per heavy atom. The summed E-state index contributed by atoms with van der Waals surface area (Å²) in [6.45, 7) is 6.76. The van der Waals surface area contributed by atoms with E-state index in [9.17, 15) is 4.39 Å². The van der Waals surface area contributed by atoms with Crippen molar-refractivity contribution in [1.82, 2.24) is 10.2 Å². The molecule has 1 atom stereocenters. The molecule has 0 amide bonds. The summed E-state index contributed by atoms with van der Waals surface area (Å²) in [7, 11) is 1.96. The van der Waals surface area contributed by atoms with Crippen LogP contribution in [0.1, 0.15) is 38.7 Å². The Hall–Kier alpha value is -0.640. The number of halogens is 2. The van der Waals surface area contributed by atoms with Crippen molar-refractivity contribution in [3.63, 3.8) is 0 Å². The second kappa shape index (κ2) is 7.08. The molecule has 1 fully saturated rings. The number of likely N-dealkylation sites (tertiary alicyclic amines) is 1. The molecular formula is C17H26ClFN2. The van der Waals surface area contributed by atoms with Crippen LogP contribution in [0.3, 0.4) is 0 Å². The van der Waals surface area contributed by atoms with E-state index >= 15 is 0 Å². The first-order valence-electron chi connectivity index (χ1n) is 7.81. The number of piperidine rings is 1. The summed E-state index contributed by atoms with van der Waals surface area (Å²) < 4.78 is 14.0. The highest BCUT2D eigenvalue weighted by Crippen LogP contribution is 2.27. The molecule has 1 aromatic carbocycles. The van der Waals surface area contributed by atoms with Crippen LogP contribution in [0.2, 0.25) is 5.02 Å². The van der Waals surface area contributed by atoms with Crippen LogP contribution < -0.4 is 5.32 Å². The van der Waals surface area contributed by atoms with E-state index in [4.69, 9.17) is 11.6 Å². The number of rotatable bonds is 5. The predicted molar refractivity (Wildman–Crippen MR) is 87.5 cm³/mol. The van der Waals surface area contributed by atoms with Crippen molar-refractivity contribution in [2.45, 2.75) is 51.1 Å². The summed E-state index contributed by atoms with van der Waals surface area (Å²) in [4.78, 5) is 2.53. The average Bonchev–Trinajstić information content (AvgIpc) is 2.48. The molecule has 4 heteroatoms. The second-order valence-corrected chi connectivity index (χ2v) is 6.92. The van der Waals surface area contributed by atoms with Crippen LogP contribution in [-0.2, 0) is 6.42 Å². The molecule has 0 bridgehead atoms. The maximum atomic E-state index is 14.0. The lowest BCUT2D eigenvalue weighted by molar-refractivity contribution is 0.0633. The lowest BCUT2D eigenvalue weighted by atomic mass is 9.86. The number of nitrogens with one attached hydrogen (secondary N) is 1. The Bertz CT molecular complexity index is 470. The van der Waals surface area contributed by atoms with Gasteiger partial charge in [0.15, 0.2) is 0 Å². The molecule has 118 valence electrons. The van der Waals surface area contributed by atoms with Gasteiger partial charge in [-0.25, -0.2) is 4.39 Å². The molecule has 0 radical (unpaired) electrons. The smallest absolute Gasteiger partial charge is 0.126 e. The van der Waals surface area contributed by atoms with Gasteiger partial charge in [0.25, 0.3) is 0 Å². The quantitative estimate of drug-likeness (QED) is 0.888. The van der Waals surface area contributed by atoms with Gasteiger partial charge in [-0.05, 0) is 77.0 Å². The molecule has 21 heavy (non-hydrogen) atoms. The average molecular weight is 313 g/mol. The maximum Gasteiger partial charge on any atom is 0.126 e. The Morgan fingerprint density at radius 2 is 1.95 bits per heavy atom. The van der Waals surface area contributed by atoms with E-state index in [1.54, 1.807) is 12.1 Å². The zero-order valence-corrected chi connectivity index (χ0v) is 14.0. The molecule has 0 aliphatic carbocycles. The van der Waals surface area contributed by atoms with Gasteiger partial charge in [-0.1, -0.05) is 18.0 Å². The van der Waals surface area contributed by atoms with Crippen LogP contribution in [0, 0.1) is 5.82 Å². The van der Waals surface area contributed by atoms with Crippen LogP contribution >= 0.6 is 11.6 Å². The Labute approximate surface area is 132 Å². The molecule has 2 nitrogen and oxygen atoms in total. The third-order valence-corrected chi connectivity index (χ3v) is 5.04. The number of benzene rings is 1. The molecular weight excluding hydrogens is 287 g/mol. The van der Waals surface area contributed by atoms with E-state index in [2.05, 4.69) is 24.1 Å². The fourth-order valence-electron chi connectivity index (χ4n) is 3.32. The molecule has 0 spiro atoms. The Balaban J connectivity index is 2.16. The zero-order chi connectivity index (χ0) is 15.5. The number of hydrogen-bond acceptors (Lipinski definition) is 2. The van der Waals surface area contributed by atoms with Crippen molar-refractivity contribution in [1.29, 1.82) is 0 Å². The molecule has 1 unspecified atom stereocenters. The van der Waals surface area contributed by atoms with Crippen molar-refractivity contribution in [2.75, 3.05) is 20.1 Å². The highest BCUT2D eigenvalue weighted by atomic mass is 35.5. The molecule has 1 saturated heterocycles. The molecule has 0 aromatic heterocycles. The first kappa shape index (κ1) is 16.7. The normalized spacial score (nSPS) is 18.7. The van der Waals surface area contributed by atoms with Crippen LogP contribution in [0.25, 0.3) is 0 Å². The van der Waals surface area contributed by atoms with Gasteiger partial charge in [-0.2, -0.15) is 0 Å². The topological polar surface area (TPSA) is 15.3 Å². The predicted octanol–water partition coefficient (Wildman–Crippen LogP) is 3.87. The standard InChI is InChI=1S/C17H26ClFN2/c1-17(2,21-9-5-4-6-10-21)16(20-3)12-13-11-14(18)7-8-15(13)19/h7-8,11,16,20H,4-6,9-10,12H2,1-3H3. The van der Waals surface area contributed by atoms with E-state index in [0.717, 1.165) is 13.1 Å². The van der Waals surface area contributed by atoms with Crippen molar-refractivity contribution in [2.24, 2.45) is 0 Å².